The van der Waals surface area contributed by atoms with Gasteiger partial charge < -0.3 is 5.73 Å². The zero-order chi connectivity index (χ0) is 14.0. The van der Waals surface area contributed by atoms with Gasteiger partial charge in [0.25, 0.3) is 0 Å². The number of rotatable bonds is 4. The summed E-state index contributed by atoms with van der Waals surface area (Å²) in [4.78, 5) is 7.42. The number of piperidine rings is 1. The third-order valence-corrected chi connectivity index (χ3v) is 4.55. The van der Waals surface area contributed by atoms with E-state index in [1.807, 2.05) is 4.68 Å². The molecule has 1 aliphatic rings. The summed E-state index contributed by atoms with van der Waals surface area (Å²) < 4.78 is 1.99. The van der Waals surface area contributed by atoms with Gasteiger partial charge in [0.1, 0.15) is 12.2 Å². The highest BCUT2D eigenvalue weighted by molar-refractivity contribution is 7.80. The Bertz CT molecular complexity index is 446. The second-order valence-corrected chi connectivity index (χ2v) is 6.36. The van der Waals surface area contributed by atoms with Crippen LogP contribution >= 0.6 is 12.2 Å². The Labute approximate surface area is 120 Å². The molecular formula is C13H23N5S. The van der Waals surface area contributed by atoms with Crippen LogP contribution in [0, 0.1) is 5.41 Å². The fourth-order valence-corrected chi connectivity index (χ4v) is 2.67. The highest BCUT2D eigenvalue weighted by Gasteiger charge is 2.32. The van der Waals surface area contributed by atoms with E-state index in [1.165, 1.54) is 0 Å². The molecule has 6 heteroatoms. The fraction of sp³-hybridized carbons (Fsp3) is 0.769. The van der Waals surface area contributed by atoms with Crippen LogP contribution < -0.4 is 5.73 Å². The molecule has 0 aromatic carbocycles. The number of aromatic nitrogens is 3. The molecule has 5 nitrogen and oxygen atoms in total. The SMILES string of the molecule is CC(C)n1ncnc1CN1CCC(C)(C(N)=S)CC1. The molecule has 1 saturated heterocycles. The van der Waals surface area contributed by atoms with Gasteiger partial charge in [0.2, 0.25) is 0 Å². The Morgan fingerprint density at radius 3 is 2.63 bits per heavy atom. The third kappa shape index (κ3) is 3.12. The fourth-order valence-electron chi connectivity index (χ4n) is 2.47. The molecule has 0 atom stereocenters. The van der Waals surface area contributed by atoms with Crippen LogP contribution in [0.15, 0.2) is 6.33 Å². The second-order valence-electron chi connectivity index (χ2n) is 5.92. The Kier molecular flexibility index (Phi) is 4.20. The zero-order valence-corrected chi connectivity index (χ0v) is 12.8. The van der Waals surface area contributed by atoms with E-state index in [0.29, 0.717) is 11.0 Å². The smallest absolute Gasteiger partial charge is 0.141 e. The molecule has 2 rings (SSSR count). The van der Waals surface area contributed by atoms with E-state index in [4.69, 9.17) is 18.0 Å². The van der Waals surface area contributed by atoms with Crippen molar-refractivity contribution >= 4 is 17.2 Å². The van der Waals surface area contributed by atoms with Crippen LogP contribution in [0.5, 0.6) is 0 Å². The molecule has 2 N–H and O–H groups in total. The first kappa shape index (κ1) is 14.4. The molecule has 1 fully saturated rings. The number of nitrogens with two attached hydrogens (primary N) is 1. The average molecular weight is 281 g/mol. The largest absolute Gasteiger partial charge is 0.393 e. The normalized spacial score (nSPS) is 19.8. The van der Waals surface area contributed by atoms with E-state index in [9.17, 15) is 0 Å². The standard InChI is InChI=1S/C13H23N5S/c1-10(2)18-11(15-9-16-18)8-17-6-4-13(3,5-7-17)12(14)19/h9-10H,4-8H2,1-3H3,(H2,14,19). The van der Waals surface area contributed by atoms with Crippen LogP contribution in [0.3, 0.4) is 0 Å². The van der Waals surface area contributed by atoms with Crippen molar-refractivity contribution in [2.75, 3.05) is 13.1 Å². The first-order valence-corrected chi connectivity index (χ1v) is 7.24. The quantitative estimate of drug-likeness (QED) is 0.852. The van der Waals surface area contributed by atoms with E-state index >= 15 is 0 Å². The average Bonchev–Trinajstić information content (AvgIpc) is 2.80. The van der Waals surface area contributed by atoms with Crippen molar-refractivity contribution in [2.45, 2.75) is 46.2 Å². The molecule has 1 aromatic rings. The first-order chi connectivity index (χ1) is 8.92. The minimum absolute atomic E-state index is 0.0254. The van der Waals surface area contributed by atoms with E-state index < -0.39 is 0 Å². The van der Waals surface area contributed by atoms with Crippen molar-refractivity contribution in [3.63, 3.8) is 0 Å². The summed E-state index contributed by atoms with van der Waals surface area (Å²) >= 11 is 5.17. The van der Waals surface area contributed by atoms with Crippen molar-refractivity contribution < 1.29 is 0 Å². The molecule has 0 amide bonds. The highest BCUT2D eigenvalue weighted by Crippen LogP contribution is 2.31. The Morgan fingerprint density at radius 2 is 2.11 bits per heavy atom. The Hall–Kier alpha value is -1.01. The number of thiocarbonyl (C=S) groups is 1. The van der Waals surface area contributed by atoms with Gasteiger partial charge in [-0.05, 0) is 39.8 Å². The Morgan fingerprint density at radius 1 is 1.47 bits per heavy atom. The summed E-state index contributed by atoms with van der Waals surface area (Å²) in [5, 5.41) is 4.28. The molecule has 19 heavy (non-hydrogen) atoms. The van der Waals surface area contributed by atoms with Crippen molar-refractivity contribution in [3.8, 4) is 0 Å². The van der Waals surface area contributed by atoms with E-state index in [2.05, 4.69) is 35.8 Å². The monoisotopic (exact) mass is 281 g/mol. The number of hydrogen-bond donors (Lipinski definition) is 1. The van der Waals surface area contributed by atoms with Gasteiger partial charge in [0.15, 0.2) is 0 Å². The molecule has 2 heterocycles. The molecule has 0 spiro atoms. The minimum Gasteiger partial charge on any atom is -0.393 e. The van der Waals surface area contributed by atoms with Crippen molar-refractivity contribution in [1.29, 1.82) is 0 Å². The zero-order valence-electron chi connectivity index (χ0n) is 12.0. The predicted molar refractivity (Wildman–Crippen MR) is 79.8 cm³/mol. The van der Waals surface area contributed by atoms with Gasteiger partial charge in [-0.25, -0.2) is 9.67 Å². The molecule has 106 valence electrons. The highest BCUT2D eigenvalue weighted by atomic mass is 32.1. The summed E-state index contributed by atoms with van der Waals surface area (Å²) in [6, 6.07) is 0.351. The van der Waals surface area contributed by atoms with E-state index in [0.717, 1.165) is 38.3 Å². The molecule has 0 aliphatic carbocycles. The molecule has 0 bridgehead atoms. The van der Waals surface area contributed by atoms with Gasteiger partial charge in [-0.2, -0.15) is 5.10 Å². The maximum Gasteiger partial charge on any atom is 0.141 e. The van der Waals surface area contributed by atoms with Crippen molar-refractivity contribution in [1.82, 2.24) is 19.7 Å². The minimum atomic E-state index is 0.0254. The molecule has 0 unspecified atom stereocenters. The number of nitrogens with zero attached hydrogens (tertiary/aromatic N) is 4. The summed E-state index contributed by atoms with van der Waals surface area (Å²) in [6.07, 6.45) is 3.69. The summed E-state index contributed by atoms with van der Waals surface area (Å²) in [6.45, 7) is 9.29. The molecular weight excluding hydrogens is 258 g/mol. The third-order valence-electron chi connectivity index (χ3n) is 4.06. The van der Waals surface area contributed by atoms with Gasteiger partial charge in [-0.15, -0.1) is 0 Å². The predicted octanol–water partition coefficient (Wildman–Crippen LogP) is 1.75. The lowest BCUT2D eigenvalue weighted by Gasteiger charge is -2.38. The summed E-state index contributed by atoms with van der Waals surface area (Å²) in [5.41, 5.74) is 5.86. The van der Waals surface area contributed by atoms with E-state index in [-0.39, 0.29) is 5.41 Å². The van der Waals surface area contributed by atoms with Crippen LogP contribution in [-0.4, -0.2) is 37.7 Å². The molecule has 1 aliphatic heterocycles. The van der Waals surface area contributed by atoms with Gasteiger partial charge in [-0.1, -0.05) is 19.1 Å². The van der Waals surface area contributed by atoms with Crippen LogP contribution in [0.1, 0.15) is 45.5 Å². The Balaban J connectivity index is 1.96. The van der Waals surface area contributed by atoms with Gasteiger partial charge >= 0.3 is 0 Å². The maximum atomic E-state index is 5.83. The maximum absolute atomic E-state index is 5.83. The van der Waals surface area contributed by atoms with E-state index in [1.54, 1.807) is 6.33 Å². The van der Waals surface area contributed by atoms with Gasteiger partial charge in [0, 0.05) is 11.5 Å². The first-order valence-electron chi connectivity index (χ1n) is 6.83. The number of likely N-dealkylation sites (tertiary alicyclic amines) is 1. The molecule has 0 radical (unpaired) electrons. The van der Waals surface area contributed by atoms with Crippen molar-refractivity contribution in [2.24, 2.45) is 11.1 Å². The van der Waals surface area contributed by atoms with Crippen LogP contribution in [-0.2, 0) is 6.54 Å². The lowest BCUT2D eigenvalue weighted by atomic mass is 9.80. The lowest BCUT2D eigenvalue weighted by Crippen LogP contribution is -2.44. The van der Waals surface area contributed by atoms with Crippen LogP contribution in [0.4, 0.5) is 0 Å². The topological polar surface area (TPSA) is 60.0 Å². The van der Waals surface area contributed by atoms with Crippen LogP contribution in [0.2, 0.25) is 0 Å². The van der Waals surface area contributed by atoms with Crippen LogP contribution in [0.25, 0.3) is 0 Å². The van der Waals surface area contributed by atoms with Gasteiger partial charge in [-0.3, -0.25) is 4.90 Å². The lowest BCUT2D eigenvalue weighted by molar-refractivity contribution is 0.152. The van der Waals surface area contributed by atoms with Gasteiger partial charge in [0.05, 0.1) is 11.5 Å². The molecule has 1 aromatic heterocycles. The summed E-state index contributed by atoms with van der Waals surface area (Å²) in [5.74, 6) is 1.04. The second kappa shape index (κ2) is 5.54. The molecule has 0 saturated carbocycles. The van der Waals surface area contributed by atoms with Crippen molar-refractivity contribution in [3.05, 3.63) is 12.2 Å². The summed E-state index contributed by atoms with van der Waals surface area (Å²) in [7, 11) is 0. The number of hydrogen-bond acceptors (Lipinski definition) is 4.